The zero-order valence-electron chi connectivity index (χ0n) is 25.1. The van der Waals surface area contributed by atoms with Crippen LogP contribution in [0.5, 0.6) is 11.5 Å². The first-order valence-corrected chi connectivity index (χ1v) is 17.5. The van der Waals surface area contributed by atoms with E-state index in [1.165, 1.54) is 0 Å². The van der Waals surface area contributed by atoms with Crippen LogP contribution in [0.3, 0.4) is 0 Å². The molecule has 0 N–H and O–H groups in total. The molecule has 4 atom stereocenters. The van der Waals surface area contributed by atoms with Crippen LogP contribution in [-0.2, 0) is 33.8 Å². The fourth-order valence-electron chi connectivity index (χ4n) is 4.24. The molecule has 0 spiro atoms. The van der Waals surface area contributed by atoms with E-state index in [1.54, 1.807) is 0 Å². The van der Waals surface area contributed by atoms with Crippen molar-refractivity contribution in [2.24, 2.45) is 0 Å². The van der Waals surface area contributed by atoms with Crippen LogP contribution >= 0.6 is 63.7 Å². The lowest BCUT2D eigenvalue weighted by Crippen LogP contribution is -2.29. The van der Waals surface area contributed by atoms with Gasteiger partial charge < -0.3 is 37.9 Å². The van der Waals surface area contributed by atoms with Crippen LogP contribution in [0.2, 0.25) is 0 Å². The highest BCUT2D eigenvalue weighted by molar-refractivity contribution is 9.11. The number of epoxide rings is 2. The van der Waals surface area contributed by atoms with Gasteiger partial charge in [-0.2, -0.15) is 0 Å². The van der Waals surface area contributed by atoms with Crippen molar-refractivity contribution in [1.29, 1.82) is 0 Å². The second kappa shape index (κ2) is 17.8. The van der Waals surface area contributed by atoms with Crippen molar-refractivity contribution in [2.45, 2.75) is 43.7 Å². The smallest absolute Gasteiger partial charge is 0.147 e. The fraction of sp³-hybridized carbons (Fsp3) is 0.515. The molecule has 0 aromatic heterocycles. The van der Waals surface area contributed by atoms with Gasteiger partial charge in [0, 0.05) is 5.41 Å². The van der Waals surface area contributed by atoms with E-state index in [0.717, 1.165) is 29.0 Å². The van der Waals surface area contributed by atoms with Crippen LogP contribution in [0.1, 0.15) is 25.0 Å². The maximum absolute atomic E-state index is 6.19. The van der Waals surface area contributed by atoms with Gasteiger partial charge >= 0.3 is 0 Å². The Bertz CT molecular complexity index is 1220. The van der Waals surface area contributed by atoms with Crippen molar-refractivity contribution >= 4 is 63.7 Å². The average Bonchev–Trinajstić information content (AvgIpc) is 3.93. The first kappa shape index (κ1) is 36.7. The SMILES string of the molecule is C#CCOCC(COc1c(Br)cc(C(C)(C)c2cc(Br)c(OCC(COCC#C)OCC3CO3)c(Br)c2)cc1Br)OCC1CO1. The van der Waals surface area contributed by atoms with E-state index in [2.05, 4.69) is 114 Å². The molecule has 2 aliphatic rings. The molecule has 2 fully saturated rings. The molecule has 2 aliphatic heterocycles. The normalized spacial score (nSPS) is 18.5. The lowest BCUT2D eigenvalue weighted by atomic mass is 9.78. The van der Waals surface area contributed by atoms with E-state index in [0.29, 0.717) is 51.1 Å². The minimum atomic E-state index is -0.384. The van der Waals surface area contributed by atoms with Gasteiger partial charge in [-0.1, -0.05) is 25.7 Å². The molecule has 4 rings (SSSR count). The summed E-state index contributed by atoms with van der Waals surface area (Å²) in [7, 11) is 0. The van der Waals surface area contributed by atoms with Gasteiger partial charge in [-0.05, 0) is 99.1 Å². The van der Waals surface area contributed by atoms with Crippen LogP contribution in [0.4, 0.5) is 0 Å². The van der Waals surface area contributed by atoms with Crippen LogP contribution in [-0.4, -0.2) is 90.5 Å². The zero-order chi connectivity index (χ0) is 32.4. The summed E-state index contributed by atoms with van der Waals surface area (Å²) in [6.07, 6.45) is 10.3. The van der Waals surface area contributed by atoms with E-state index in [4.69, 9.17) is 50.7 Å². The molecule has 45 heavy (non-hydrogen) atoms. The molecular weight excluding hydrogens is 844 g/mol. The lowest BCUT2D eigenvalue weighted by Gasteiger charge is -2.29. The molecule has 2 aromatic carbocycles. The summed E-state index contributed by atoms with van der Waals surface area (Å²) in [6, 6.07) is 8.26. The van der Waals surface area contributed by atoms with Gasteiger partial charge in [0.15, 0.2) is 0 Å². The Morgan fingerprint density at radius 3 is 1.38 bits per heavy atom. The van der Waals surface area contributed by atoms with E-state index in [-0.39, 0.29) is 56.3 Å². The second-order valence-corrected chi connectivity index (χ2v) is 14.5. The number of terminal acetylenes is 2. The summed E-state index contributed by atoms with van der Waals surface area (Å²) in [6.45, 7) is 8.37. The summed E-state index contributed by atoms with van der Waals surface area (Å²) in [4.78, 5) is 0. The largest absolute Gasteiger partial charge is 0.488 e. The fourth-order valence-corrected chi connectivity index (χ4v) is 7.07. The Morgan fingerprint density at radius 2 is 1.07 bits per heavy atom. The van der Waals surface area contributed by atoms with Crippen molar-refractivity contribution in [3.63, 3.8) is 0 Å². The minimum absolute atomic E-state index is 0.137. The highest BCUT2D eigenvalue weighted by atomic mass is 79.9. The molecule has 0 aliphatic carbocycles. The van der Waals surface area contributed by atoms with Crippen LogP contribution < -0.4 is 9.47 Å². The van der Waals surface area contributed by atoms with Crippen molar-refractivity contribution < 1.29 is 37.9 Å². The van der Waals surface area contributed by atoms with Crippen molar-refractivity contribution in [3.8, 4) is 36.2 Å². The van der Waals surface area contributed by atoms with Gasteiger partial charge in [0.2, 0.25) is 0 Å². The van der Waals surface area contributed by atoms with Crippen molar-refractivity contribution in [3.05, 3.63) is 53.3 Å². The van der Waals surface area contributed by atoms with Gasteiger partial charge in [0.1, 0.15) is 62.3 Å². The Hall–Kier alpha value is -1.16. The molecule has 244 valence electrons. The maximum Gasteiger partial charge on any atom is 0.147 e. The standard InChI is InChI=1S/C33H36Br4O8/c1-5-7-38-13-23(40-15-25-17-42-25)19-44-31-27(34)9-21(10-28(31)35)33(3,4)22-11-29(36)32(30(37)12-22)45-20-24(14-39-8-6-2)41-16-26-18-43-26/h1-2,9-12,23-26H,7-8,13-20H2,3-4H3. The molecular formula is C33H36Br4O8. The minimum Gasteiger partial charge on any atom is -0.488 e. The van der Waals surface area contributed by atoms with Gasteiger partial charge in [-0.25, -0.2) is 0 Å². The maximum atomic E-state index is 6.19. The number of halogens is 4. The Labute approximate surface area is 299 Å². The molecule has 0 radical (unpaired) electrons. The van der Waals surface area contributed by atoms with Crippen molar-refractivity contribution in [2.75, 3.05) is 66.1 Å². The highest BCUT2D eigenvalue weighted by Gasteiger charge is 2.29. The molecule has 2 saturated heterocycles. The first-order valence-electron chi connectivity index (χ1n) is 14.4. The quantitative estimate of drug-likeness (QED) is 0.0829. The topological polar surface area (TPSA) is 80.4 Å². The summed E-state index contributed by atoms with van der Waals surface area (Å²) >= 11 is 14.9. The van der Waals surface area contributed by atoms with Crippen LogP contribution in [0.15, 0.2) is 42.2 Å². The third kappa shape index (κ3) is 11.5. The molecule has 12 heteroatoms. The predicted molar refractivity (Wildman–Crippen MR) is 185 cm³/mol. The molecule has 0 amide bonds. The van der Waals surface area contributed by atoms with E-state index < -0.39 is 0 Å². The second-order valence-electron chi connectivity index (χ2n) is 11.0. The van der Waals surface area contributed by atoms with Crippen LogP contribution in [0.25, 0.3) is 0 Å². The average molecular weight is 880 g/mol. The third-order valence-electron chi connectivity index (χ3n) is 7.09. The number of hydrogen-bond acceptors (Lipinski definition) is 8. The van der Waals surface area contributed by atoms with Gasteiger partial charge in [-0.15, -0.1) is 12.8 Å². The Morgan fingerprint density at radius 1 is 0.711 bits per heavy atom. The highest BCUT2D eigenvalue weighted by Crippen LogP contribution is 2.44. The molecule has 0 bridgehead atoms. The zero-order valence-corrected chi connectivity index (χ0v) is 31.5. The Balaban J connectivity index is 1.43. The number of hydrogen-bond donors (Lipinski definition) is 0. The monoisotopic (exact) mass is 876 g/mol. The third-order valence-corrected chi connectivity index (χ3v) is 9.44. The van der Waals surface area contributed by atoms with E-state index in [1.807, 2.05) is 0 Å². The van der Waals surface area contributed by atoms with Gasteiger partial charge in [0.05, 0.1) is 57.5 Å². The molecule has 0 saturated carbocycles. The summed E-state index contributed by atoms with van der Waals surface area (Å²) in [5, 5.41) is 0. The predicted octanol–water partition coefficient (Wildman–Crippen LogP) is 6.69. The van der Waals surface area contributed by atoms with E-state index in [9.17, 15) is 0 Å². The number of ether oxygens (including phenoxy) is 8. The molecule has 8 nitrogen and oxygen atoms in total. The first-order chi connectivity index (χ1) is 21.6. The Kier molecular flexibility index (Phi) is 14.5. The van der Waals surface area contributed by atoms with Crippen LogP contribution in [0, 0.1) is 24.7 Å². The lowest BCUT2D eigenvalue weighted by molar-refractivity contribution is -0.0357. The summed E-state index contributed by atoms with van der Waals surface area (Å²) < 4.78 is 49.0. The molecule has 2 heterocycles. The van der Waals surface area contributed by atoms with Gasteiger partial charge in [0.25, 0.3) is 0 Å². The summed E-state index contributed by atoms with van der Waals surface area (Å²) in [5.41, 5.74) is 1.75. The van der Waals surface area contributed by atoms with Gasteiger partial charge in [-0.3, -0.25) is 0 Å². The molecule has 4 unspecified atom stereocenters. The molecule has 2 aromatic rings. The van der Waals surface area contributed by atoms with E-state index >= 15 is 0 Å². The summed E-state index contributed by atoms with van der Waals surface area (Å²) in [5.74, 6) is 6.29. The number of benzene rings is 2. The van der Waals surface area contributed by atoms with Crippen molar-refractivity contribution in [1.82, 2.24) is 0 Å². The number of rotatable bonds is 20.